The van der Waals surface area contributed by atoms with Crippen LogP contribution in [0.2, 0.25) is 0 Å². The molecule has 0 aromatic carbocycles. The molecule has 1 aromatic heterocycles. The van der Waals surface area contributed by atoms with Crippen molar-refractivity contribution >= 4 is 0 Å². The molecule has 1 aromatic rings. The van der Waals surface area contributed by atoms with Crippen LogP contribution >= 0.6 is 0 Å². The molecule has 2 heterocycles. The lowest BCUT2D eigenvalue weighted by Crippen LogP contribution is -2.35. The van der Waals surface area contributed by atoms with E-state index in [0.29, 0.717) is 6.04 Å². The summed E-state index contributed by atoms with van der Waals surface area (Å²) in [6.45, 7) is 2.70. The van der Waals surface area contributed by atoms with E-state index in [0.717, 1.165) is 37.9 Å². The maximum atomic E-state index is 5.30. The zero-order chi connectivity index (χ0) is 13.1. The highest BCUT2D eigenvalue weighted by molar-refractivity contribution is 4.98. The molecule has 0 radical (unpaired) electrons. The Bertz CT molecular complexity index is 414. The predicted molar refractivity (Wildman–Crippen MR) is 72.8 cm³/mol. The van der Waals surface area contributed by atoms with Crippen molar-refractivity contribution in [3.05, 3.63) is 11.6 Å². The molecule has 1 saturated carbocycles. The number of hydrogen-bond acceptors (Lipinski definition) is 4. The number of nitrogens with one attached hydrogen (secondary N) is 1. The molecule has 0 saturated heterocycles. The maximum Gasteiger partial charge on any atom is 0.147 e. The van der Waals surface area contributed by atoms with E-state index in [1.807, 2.05) is 0 Å². The zero-order valence-corrected chi connectivity index (χ0v) is 11.8. The van der Waals surface area contributed by atoms with Crippen LogP contribution < -0.4 is 5.32 Å². The fraction of sp³-hybridized carbons (Fsp3) is 0.857. The normalized spacial score (nSPS) is 20.9. The first-order valence-corrected chi connectivity index (χ1v) is 7.51. The van der Waals surface area contributed by atoms with Crippen LogP contribution in [-0.2, 0) is 24.2 Å². The van der Waals surface area contributed by atoms with E-state index >= 15 is 0 Å². The second-order valence-electron chi connectivity index (χ2n) is 5.77. The molecule has 5 heteroatoms. The second kappa shape index (κ2) is 6.01. The van der Waals surface area contributed by atoms with Crippen LogP contribution in [0.5, 0.6) is 0 Å². The van der Waals surface area contributed by atoms with Gasteiger partial charge in [-0.1, -0.05) is 6.42 Å². The quantitative estimate of drug-likeness (QED) is 0.846. The van der Waals surface area contributed by atoms with Crippen LogP contribution in [0.3, 0.4) is 0 Å². The third-order valence-electron chi connectivity index (χ3n) is 4.25. The molecule has 1 unspecified atom stereocenters. The SMILES string of the molecule is COCC(NCc1nnc2n1CCCCC2)C1CC1. The molecular weight excluding hydrogens is 240 g/mol. The lowest BCUT2D eigenvalue weighted by molar-refractivity contribution is 0.156. The summed E-state index contributed by atoms with van der Waals surface area (Å²) >= 11 is 0. The van der Waals surface area contributed by atoms with Gasteiger partial charge in [-0.25, -0.2) is 0 Å². The van der Waals surface area contributed by atoms with Crippen molar-refractivity contribution in [1.29, 1.82) is 0 Å². The van der Waals surface area contributed by atoms with Crippen molar-refractivity contribution in [1.82, 2.24) is 20.1 Å². The van der Waals surface area contributed by atoms with Gasteiger partial charge in [-0.05, 0) is 31.6 Å². The monoisotopic (exact) mass is 264 g/mol. The van der Waals surface area contributed by atoms with E-state index in [1.165, 1.54) is 37.9 Å². The summed E-state index contributed by atoms with van der Waals surface area (Å²) < 4.78 is 7.62. The van der Waals surface area contributed by atoms with Crippen LogP contribution in [0, 0.1) is 5.92 Å². The van der Waals surface area contributed by atoms with Crippen LogP contribution in [0.4, 0.5) is 0 Å². The smallest absolute Gasteiger partial charge is 0.147 e. The number of rotatable bonds is 6. The molecule has 3 rings (SSSR count). The minimum Gasteiger partial charge on any atom is -0.383 e. The minimum absolute atomic E-state index is 0.476. The zero-order valence-electron chi connectivity index (χ0n) is 11.8. The Balaban J connectivity index is 1.61. The Morgan fingerprint density at radius 1 is 1.32 bits per heavy atom. The number of nitrogens with zero attached hydrogens (tertiary/aromatic N) is 3. The highest BCUT2D eigenvalue weighted by atomic mass is 16.5. The van der Waals surface area contributed by atoms with E-state index in [4.69, 9.17) is 4.74 Å². The van der Waals surface area contributed by atoms with Crippen molar-refractivity contribution < 1.29 is 4.74 Å². The fourth-order valence-electron chi connectivity index (χ4n) is 2.94. The largest absolute Gasteiger partial charge is 0.383 e. The molecule has 106 valence electrons. The molecule has 0 spiro atoms. The van der Waals surface area contributed by atoms with E-state index in [9.17, 15) is 0 Å². The predicted octanol–water partition coefficient (Wildman–Crippen LogP) is 1.52. The van der Waals surface area contributed by atoms with Gasteiger partial charge < -0.3 is 14.6 Å². The van der Waals surface area contributed by atoms with Gasteiger partial charge in [0.15, 0.2) is 0 Å². The number of methoxy groups -OCH3 is 1. The van der Waals surface area contributed by atoms with Gasteiger partial charge in [-0.15, -0.1) is 10.2 Å². The average molecular weight is 264 g/mol. The molecule has 1 aliphatic carbocycles. The summed E-state index contributed by atoms with van der Waals surface area (Å²) in [5.74, 6) is 3.06. The summed E-state index contributed by atoms with van der Waals surface area (Å²) in [5.41, 5.74) is 0. The molecule has 0 amide bonds. The van der Waals surface area contributed by atoms with E-state index < -0.39 is 0 Å². The van der Waals surface area contributed by atoms with Gasteiger partial charge in [0, 0.05) is 26.1 Å². The van der Waals surface area contributed by atoms with E-state index in [1.54, 1.807) is 7.11 Å². The van der Waals surface area contributed by atoms with E-state index in [2.05, 4.69) is 20.1 Å². The average Bonchev–Trinajstić information content (AvgIpc) is 3.21. The maximum absolute atomic E-state index is 5.30. The first-order valence-electron chi connectivity index (χ1n) is 7.51. The second-order valence-corrected chi connectivity index (χ2v) is 5.77. The Morgan fingerprint density at radius 2 is 2.21 bits per heavy atom. The van der Waals surface area contributed by atoms with Gasteiger partial charge in [-0.3, -0.25) is 0 Å². The molecule has 2 aliphatic rings. The number of hydrogen-bond donors (Lipinski definition) is 1. The van der Waals surface area contributed by atoms with Crippen LogP contribution in [-0.4, -0.2) is 34.5 Å². The third-order valence-corrected chi connectivity index (χ3v) is 4.25. The molecule has 5 nitrogen and oxygen atoms in total. The van der Waals surface area contributed by atoms with E-state index in [-0.39, 0.29) is 0 Å². The Labute approximate surface area is 114 Å². The minimum atomic E-state index is 0.476. The van der Waals surface area contributed by atoms with Gasteiger partial charge in [0.2, 0.25) is 0 Å². The molecule has 0 bridgehead atoms. The molecule has 1 atom stereocenters. The van der Waals surface area contributed by atoms with Crippen molar-refractivity contribution in [2.45, 2.75) is 57.7 Å². The summed E-state index contributed by atoms with van der Waals surface area (Å²) in [7, 11) is 1.78. The van der Waals surface area contributed by atoms with Crippen molar-refractivity contribution in [2.24, 2.45) is 5.92 Å². The molecule has 19 heavy (non-hydrogen) atoms. The van der Waals surface area contributed by atoms with Crippen molar-refractivity contribution in [2.75, 3.05) is 13.7 Å². The number of ether oxygens (including phenoxy) is 1. The Morgan fingerprint density at radius 3 is 3.00 bits per heavy atom. The highest BCUT2D eigenvalue weighted by Gasteiger charge is 2.31. The standard InChI is InChI=1S/C14H24N4O/c1-19-10-12(11-6-7-11)15-9-14-17-16-13-5-3-2-4-8-18(13)14/h11-12,15H,2-10H2,1H3. The number of fused-ring (bicyclic) bond motifs is 1. The summed E-state index contributed by atoms with van der Waals surface area (Å²) in [6.07, 6.45) is 7.56. The summed E-state index contributed by atoms with van der Waals surface area (Å²) in [5, 5.41) is 12.3. The van der Waals surface area contributed by atoms with Crippen LogP contribution in [0.1, 0.15) is 43.8 Å². The summed E-state index contributed by atoms with van der Waals surface area (Å²) in [4.78, 5) is 0. The Kier molecular flexibility index (Phi) is 4.13. The molecule has 1 aliphatic heterocycles. The third kappa shape index (κ3) is 3.15. The first kappa shape index (κ1) is 13.1. The lowest BCUT2D eigenvalue weighted by atomic mass is 10.2. The Hall–Kier alpha value is -0.940. The summed E-state index contributed by atoms with van der Waals surface area (Å²) in [6, 6.07) is 0.476. The highest BCUT2D eigenvalue weighted by Crippen LogP contribution is 2.32. The number of aryl methyl sites for hydroxylation is 1. The van der Waals surface area contributed by atoms with Crippen molar-refractivity contribution in [3.63, 3.8) is 0 Å². The number of aromatic nitrogens is 3. The molecule has 1 N–H and O–H groups in total. The molecule has 1 fully saturated rings. The van der Waals surface area contributed by atoms with Gasteiger partial charge >= 0.3 is 0 Å². The lowest BCUT2D eigenvalue weighted by Gasteiger charge is -2.17. The van der Waals surface area contributed by atoms with Gasteiger partial charge in [0.25, 0.3) is 0 Å². The van der Waals surface area contributed by atoms with Gasteiger partial charge in [-0.2, -0.15) is 0 Å². The molecular formula is C14H24N4O. The topological polar surface area (TPSA) is 52.0 Å². The van der Waals surface area contributed by atoms with Gasteiger partial charge in [0.1, 0.15) is 11.6 Å². The van der Waals surface area contributed by atoms with Crippen LogP contribution in [0.25, 0.3) is 0 Å². The van der Waals surface area contributed by atoms with Crippen molar-refractivity contribution in [3.8, 4) is 0 Å². The first-order chi connectivity index (χ1) is 9.38. The van der Waals surface area contributed by atoms with Gasteiger partial charge in [0.05, 0.1) is 13.2 Å². The fourth-order valence-corrected chi connectivity index (χ4v) is 2.94. The van der Waals surface area contributed by atoms with Crippen LogP contribution in [0.15, 0.2) is 0 Å².